The van der Waals surface area contributed by atoms with Gasteiger partial charge in [0.15, 0.2) is 17.5 Å². The van der Waals surface area contributed by atoms with E-state index in [9.17, 15) is 18.3 Å². The number of hydrogen-bond donors (Lipinski definition) is 2. The van der Waals surface area contributed by atoms with E-state index < -0.39 is 17.5 Å². The SMILES string of the molecule is Oc1ccc(Cc2nnc(Nc3ccc(F)c(F)c3F)o2)cc1. The minimum atomic E-state index is -1.58. The number of aromatic nitrogens is 2. The first kappa shape index (κ1) is 14.9. The zero-order chi connectivity index (χ0) is 16.4. The lowest BCUT2D eigenvalue weighted by atomic mass is 10.1. The predicted molar refractivity (Wildman–Crippen MR) is 74.8 cm³/mol. The molecule has 0 aliphatic rings. The van der Waals surface area contributed by atoms with Gasteiger partial charge < -0.3 is 14.8 Å². The second kappa shape index (κ2) is 5.99. The van der Waals surface area contributed by atoms with Gasteiger partial charge in [-0.25, -0.2) is 13.2 Å². The van der Waals surface area contributed by atoms with Crippen molar-refractivity contribution in [3.63, 3.8) is 0 Å². The third kappa shape index (κ3) is 3.25. The number of nitrogens with zero attached hydrogens (tertiary/aromatic N) is 2. The van der Waals surface area contributed by atoms with Crippen LogP contribution in [0.1, 0.15) is 11.5 Å². The summed E-state index contributed by atoms with van der Waals surface area (Å²) < 4.78 is 44.8. The molecule has 0 radical (unpaired) electrons. The van der Waals surface area contributed by atoms with Crippen LogP contribution in [0.25, 0.3) is 0 Å². The Morgan fingerprint density at radius 1 is 0.957 bits per heavy atom. The molecule has 0 saturated carbocycles. The highest BCUT2D eigenvalue weighted by Gasteiger charge is 2.15. The lowest BCUT2D eigenvalue weighted by Gasteiger charge is -2.04. The first-order valence-electron chi connectivity index (χ1n) is 6.54. The number of aromatic hydroxyl groups is 1. The molecule has 0 aliphatic carbocycles. The number of rotatable bonds is 4. The quantitative estimate of drug-likeness (QED) is 0.719. The minimum Gasteiger partial charge on any atom is -0.508 e. The molecule has 0 unspecified atom stereocenters. The van der Waals surface area contributed by atoms with Crippen molar-refractivity contribution in [1.82, 2.24) is 10.2 Å². The molecule has 0 aliphatic heterocycles. The van der Waals surface area contributed by atoms with Crippen LogP contribution in [0.2, 0.25) is 0 Å². The average molecular weight is 321 g/mol. The summed E-state index contributed by atoms with van der Waals surface area (Å²) in [7, 11) is 0. The number of hydrogen-bond acceptors (Lipinski definition) is 5. The molecule has 2 aromatic carbocycles. The fourth-order valence-corrected chi connectivity index (χ4v) is 1.90. The van der Waals surface area contributed by atoms with Gasteiger partial charge in [-0.05, 0) is 29.8 Å². The van der Waals surface area contributed by atoms with Gasteiger partial charge in [0, 0.05) is 0 Å². The van der Waals surface area contributed by atoms with E-state index in [0.717, 1.165) is 17.7 Å². The molecule has 0 spiro atoms. The minimum absolute atomic E-state index is 0.135. The summed E-state index contributed by atoms with van der Waals surface area (Å²) in [6.45, 7) is 0. The van der Waals surface area contributed by atoms with Crippen molar-refractivity contribution in [3.05, 3.63) is 65.3 Å². The van der Waals surface area contributed by atoms with Crippen molar-refractivity contribution in [3.8, 4) is 5.75 Å². The summed E-state index contributed by atoms with van der Waals surface area (Å²) in [4.78, 5) is 0. The second-order valence-corrected chi connectivity index (χ2v) is 4.69. The maximum Gasteiger partial charge on any atom is 0.320 e. The topological polar surface area (TPSA) is 71.2 Å². The summed E-state index contributed by atoms with van der Waals surface area (Å²) in [5.41, 5.74) is 0.501. The molecule has 0 fully saturated rings. The lowest BCUT2D eigenvalue weighted by Crippen LogP contribution is -1.98. The largest absolute Gasteiger partial charge is 0.508 e. The van der Waals surface area contributed by atoms with Gasteiger partial charge in [0.25, 0.3) is 0 Å². The standard InChI is InChI=1S/C15H10F3N3O2/c16-10-5-6-11(14(18)13(10)17)19-15-21-20-12(23-15)7-8-1-3-9(22)4-2-8/h1-6,22H,7H2,(H,19,21). The second-order valence-electron chi connectivity index (χ2n) is 4.69. The molecule has 0 bridgehead atoms. The molecule has 8 heteroatoms. The average Bonchev–Trinajstić information content (AvgIpc) is 2.97. The molecule has 23 heavy (non-hydrogen) atoms. The maximum atomic E-state index is 13.5. The van der Waals surface area contributed by atoms with Crippen molar-refractivity contribution >= 4 is 11.7 Å². The monoisotopic (exact) mass is 321 g/mol. The van der Waals surface area contributed by atoms with Crippen LogP contribution in [0.5, 0.6) is 5.75 Å². The zero-order valence-corrected chi connectivity index (χ0v) is 11.6. The van der Waals surface area contributed by atoms with Crippen LogP contribution in [-0.2, 0) is 6.42 Å². The van der Waals surface area contributed by atoms with Crippen molar-refractivity contribution < 1.29 is 22.7 Å². The Morgan fingerprint density at radius 3 is 2.43 bits per heavy atom. The molecule has 1 aromatic heterocycles. The highest BCUT2D eigenvalue weighted by molar-refractivity contribution is 5.53. The Bertz CT molecular complexity index is 834. The molecule has 5 nitrogen and oxygen atoms in total. The van der Waals surface area contributed by atoms with Gasteiger partial charge in [0.1, 0.15) is 5.75 Å². The molecular formula is C15H10F3N3O2. The molecule has 118 valence electrons. The van der Waals surface area contributed by atoms with Gasteiger partial charge in [0.2, 0.25) is 5.89 Å². The van der Waals surface area contributed by atoms with E-state index in [0.29, 0.717) is 6.42 Å². The maximum absolute atomic E-state index is 13.5. The molecule has 0 atom stereocenters. The highest BCUT2D eigenvalue weighted by Crippen LogP contribution is 2.23. The first-order valence-corrected chi connectivity index (χ1v) is 6.54. The van der Waals surface area contributed by atoms with Crippen LogP contribution >= 0.6 is 0 Å². The Morgan fingerprint density at radius 2 is 1.70 bits per heavy atom. The fourth-order valence-electron chi connectivity index (χ4n) is 1.90. The van der Waals surface area contributed by atoms with E-state index in [4.69, 9.17) is 4.42 Å². The van der Waals surface area contributed by atoms with E-state index in [2.05, 4.69) is 15.5 Å². The van der Waals surface area contributed by atoms with Crippen LogP contribution in [-0.4, -0.2) is 15.3 Å². The smallest absolute Gasteiger partial charge is 0.320 e. The number of benzene rings is 2. The number of phenols is 1. The number of phenolic OH excluding ortho intramolecular Hbond substituents is 1. The van der Waals surface area contributed by atoms with Crippen LogP contribution in [0.3, 0.4) is 0 Å². The van der Waals surface area contributed by atoms with E-state index >= 15 is 0 Å². The molecule has 0 amide bonds. The van der Waals surface area contributed by atoms with E-state index in [1.54, 1.807) is 12.1 Å². The van der Waals surface area contributed by atoms with Crippen molar-refractivity contribution in [1.29, 1.82) is 0 Å². The Labute approximate surface area is 128 Å². The van der Waals surface area contributed by atoms with Gasteiger partial charge in [-0.3, -0.25) is 0 Å². The molecule has 1 heterocycles. The van der Waals surface area contributed by atoms with Gasteiger partial charge in [-0.1, -0.05) is 17.2 Å². The van der Waals surface area contributed by atoms with Crippen LogP contribution in [0.4, 0.5) is 24.9 Å². The van der Waals surface area contributed by atoms with E-state index in [1.165, 1.54) is 12.1 Å². The van der Waals surface area contributed by atoms with Gasteiger partial charge in [0.05, 0.1) is 12.1 Å². The third-order valence-electron chi connectivity index (χ3n) is 3.04. The summed E-state index contributed by atoms with van der Waals surface area (Å²) >= 11 is 0. The Balaban J connectivity index is 1.75. The molecule has 3 rings (SSSR count). The van der Waals surface area contributed by atoms with Gasteiger partial charge >= 0.3 is 6.01 Å². The van der Waals surface area contributed by atoms with E-state index in [1.807, 2.05) is 0 Å². The fraction of sp³-hybridized carbons (Fsp3) is 0.0667. The summed E-state index contributed by atoms with van der Waals surface area (Å²) in [6.07, 6.45) is 0.301. The van der Waals surface area contributed by atoms with E-state index in [-0.39, 0.29) is 23.3 Å². The first-order chi connectivity index (χ1) is 11.0. The normalized spacial score (nSPS) is 10.7. The third-order valence-corrected chi connectivity index (χ3v) is 3.04. The number of nitrogens with one attached hydrogen (secondary N) is 1. The molecule has 3 aromatic rings. The Kier molecular flexibility index (Phi) is 3.88. The molecule has 2 N–H and O–H groups in total. The highest BCUT2D eigenvalue weighted by atomic mass is 19.2. The number of halogens is 3. The van der Waals surface area contributed by atoms with Gasteiger partial charge in [-0.2, -0.15) is 0 Å². The molecule has 0 saturated heterocycles. The zero-order valence-electron chi connectivity index (χ0n) is 11.6. The lowest BCUT2D eigenvalue weighted by molar-refractivity contribution is 0.448. The van der Waals surface area contributed by atoms with Crippen LogP contribution in [0, 0.1) is 17.5 Å². The van der Waals surface area contributed by atoms with Crippen molar-refractivity contribution in [2.24, 2.45) is 0 Å². The van der Waals surface area contributed by atoms with Crippen LogP contribution in [0.15, 0.2) is 40.8 Å². The number of anilines is 2. The summed E-state index contributed by atoms with van der Waals surface area (Å²) in [5.74, 6) is -3.87. The van der Waals surface area contributed by atoms with Crippen molar-refractivity contribution in [2.45, 2.75) is 6.42 Å². The van der Waals surface area contributed by atoms with Gasteiger partial charge in [-0.15, -0.1) is 5.10 Å². The van der Waals surface area contributed by atoms with Crippen LogP contribution < -0.4 is 5.32 Å². The predicted octanol–water partition coefficient (Wildman–Crippen LogP) is 3.53. The van der Waals surface area contributed by atoms with Crippen molar-refractivity contribution in [2.75, 3.05) is 5.32 Å². The summed E-state index contributed by atoms with van der Waals surface area (Å²) in [5, 5.41) is 19.0. The Hall–Kier alpha value is -3.03. The summed E-state index contributed by atoms with van der Waals surface area (Å²) in [6, 6.07) is 8.06. The molecular weight excluding hydrogens is 311 g/mol.